The number of amides is 1. The summed E-state index contributed by atoms with van der Waals surface area (Å²) in [4.78, 5) is 11.6. The lowest BCUT2D eigenvalue weighted by Crippen LogP contribution is -2.28. The normalized spacial score (nSPS) is 11.3. The van der Waals surface area contributed by atoms with E-state index in [2.05, 4.69) is 17.2 Å². The van der Waals surface area contributed by atoms with Crippen LogP contribution in [0.4, 0.5) is 0 Å². The van der Waals surface area contributed by atoms with Crippen molar-refractivity contribution in [3.63, 3.8) is 0 Å². The maximum absolute atomic E-state index is 11.6. The number of nitrogens with one attached hydrogen (secondary N) is 1. The Morgan fingerprint density at radius 3 is 2.94 bits per heavy atom. The number of carbonyl (C=O) groups excluding carboxylic acids is 1. The van der Waals surface area contributed by atoms with E-state index in [1.165, 1.54) is 0 Å². The van der Waals surface area contributed by atoms with Gasteiger partial charge in [-0.2, -0.15) is 0 Å². The van der Waals surface area contributed by atoms with Gasteiger partial charge in [0, 0.05) is 18.0 Å². The molecule has 1 unspecified atom stereocenters. The lowest BCUT2D eigenvalue weighted by Gasteiger charge is -2.10. The lowest BCUT2D eigenvalue weighted by atomic mass is 10.1. The number of nitrogens with two attached hydrogens (primary N) is 1. The van der Waals surface area contributed by atoms with Crippen molar-refractivity contribution < 1.29 is 4.79 Å². The molecule has 3 N–H and O–H groups in total. The van der Waals surface area contributed by atoms with E-state index in [0.29, 0.717) is 13.1 Å². The van der Waals surface area contributed by atoms with Crippen LogP contribution < -0.4 is 11.1 Å². The molecule has 0 saturated heterocycles. The molecule has 0 heterocycles. The SMILES string of the molecule is CCC(C)C(=O)NCc1cccc(C#CCN)c1. The lowest BCUT2D eigenvalue weighted by molar-refractivity contribution is -0.124. The standard InChI is InChI=1S/C15H20N2O/c1-3-12(2)15(18)17-11-14-7-4-6-13(10-14)8-5-9-16/h4,6-7,10,12H,3,9,11,16H2,1-2H3,(H,17,18). The van der Waals surface area contributed by atoms with Crippen LogP contribution in [0.25, 0.3) is 0 Å². The highest BCUT2D eigenvalue weighted by atomic mass is 16.1. The van der Waals surface area contributed by atoms with Crippen molar-refractivity contribution in [1.29, 1.82) is 0 Å². The van der Waals surface area contributed by atoms with Gasteiger partial charge in [0.25, 0.3) is 0 Å². The van der Waals surface area contributed by atoms with Gasteiger partial charge in [-0.05, 0) is 24.1 Å². The maximum Gasteiger partial charge on any atom is 0.223 e. The molecule has 0 aliphatic heterocycles. The largest absolute Gasteiger partial charge is 0.352 e. The minimum Gasteiger partial charge on any atom is -0.352 e. The van der Waals surface area contributed by atoms with E-state index in [1.54, 1.807) is 0 Å². The van der Waals surface area contributed by atoms with Gasteiger partial charge < -0.3 is 11.1 Å². The Kier molecular flexibility index (Phi) is 5.96. The molecule has 1 atom stereocenters. The third kappa shape index (κ3) is 4.60. The maximum atomic E-state index is 11.6. The summed E-state index contributed by atoms with van der Waals surface area (Å²) in [7, 11) is 0. The molecule has 3 nitrogen and oxygen atoms in total. The average molecular weight is 244 g/mol. The van der Waals surface area contributed by atoms with Gasteiger partial charge in [0.1, 0.15) is 0 Å². The molecule has 0 saturated carbocycles. The zero-order valence-corrected chi connectivity index (χ0v) is 11.0. The quantitative estimate of drug-likeness (QED) is 0.791. The number of benzene rings is 1. The van der Waals surface area contributed by atoms with Crippen molar-refractivity contribution in [1.82, 2.24) is 5.32 Å². The number of hydrogen-bond donors (Lipinski definition) is 2. The molecule has 0 fully saturated rings. The van der Waals surface area contributed by atoms with Crippen LogP contribution in [0, 0.1) is 17.8 Å². The molecule has 1 amide bonds. The van der Waals surface area contributed by atoms with Gasteiger partial charge in [-0.15, -0.1) is 0 Å². The van der Waals surface area contributed by atoms with Crippen molar-refractivity contribution in [3.8, 4) is 11.8 Å². The predicted molar refractivity (Wildman–Crippen MR) is 73.7 cm³/mol. The third-order valence-corrected chi connectivity index (χ3v) is 2.79. The molecular weight excluding hydrogens is 224 g/mol. The van der Waals surface area contributed by atoms with Gasteiger partial charge in [0.15, 0.2) is 0 Å². The third-order valence-electron chi connectivity index (χ3n) is 2.79. The molecule has 18 heavy (non-hydrogen) atoms. The van der Waals surface area contributed by atoms with E-state index >= 15 is 0 Å². The molecule has 0 bridgehead atoms. The molecule has 96 valence electrons. The zero-order valence-electron chi connectivity index (χ0n) is 11.0. The topological polar surface area (TPSA) is 55.1 Å². The molecule has 0 spiro atoms. The van der Waals surface area contributed by atoms with Crippen LogP contribution in [-0.4, -0.2) is 12.5 Å². The van der Waals surface area contributed by atoms with E-state index in [1.807, 2.05) is 38.1 Å². The molecule has 0 aromatic heterocycles. The van der Waals surface area contributed by atoms with Crippen LogP contribution in [0.2, 0.25) is 0 Å². The van der Waals surface area contributed by atoms with Crippen LogP contribution in [0.15, 0.2) is 24.3 Å². The Bertz CT molecular complexity index is 457. The fourth-order valence-corrected chi connectivity index (χ4v) is 1.46. The zero-order chi connectivity index (χ0) is 13.4. The minimum absolute atomic E-state index is 0.0604. The average Bonchev–Trinajstić information content (AvgIpc) is 2.42. The van der Waals surface area contributed by atoms with Gasteiger partial charge in [-0.25, -0.2) is 0 Å². The fraction of sp³-hybridized carbons (Fsp3) is 0.400. The van der Waals surface area contributed by atoms with Gasteiger partial charge in [-0.1, -0.05) is 37.8 Å². The first-order valence-corrected chi connectivity index (χ1v) is 6.23. The van der Waals surface area contributed by atoms with Crippen LogP contribution in [0.3, 0.4) is 0 Å². The molecule has 3 heteroatoms. The second kappa shape index (κ2) is 7.52. The second-order valence-corrected chi connectivity index (χ2v) is 4.23. The smallest absolute Gasteiger partial charge is 0.223 e. The van der Waals surface area contributed by atoms with Crippen molar-refractivity contribution in [2.45, 2.75) is 26.8 Å². The van der Waals surface area contributed by atoms with E-state index in [4.69, 9.17) is 5.73 Å². The predicted octanol–water partition coefficient (Wildman–Crippen LogP) is 1.66. The summed E-state index contributed by atoms with van der Waals surface area (Å²) < 4.78 is 0. The van der Waals surface area contributed by atoms with E-state index in [9.17, 15) is 4.79 Å². The summed E-state index contributed by atoms with van der Waals surface area (Å²) in [6.07, 6.45) is 0.855. The number of hydrogen-bond acceptors (Lipinski definition) is 2. The van der Waals surface area contributed by atoms with E-state index < -0.39 is 0 Å². The Hall–Kier alpha value is -1.79. The Morgan fingerprint density at radius 1 is 1.50 bits per heavy atom. The highest BCUT2D eigenvalue weighted by Gasteiger charge is 2.09. The molecule has 1 aromatic carbocycles. The van der Waals surface area contributed by atoms with E-state index in [0.717, 1.165) is 17.5 Å². The van der Waals surface area contributed by atoms with E-state index in [-0.39, 0.29) is 11.8 Å². The van der Waals surface area contributed by atoms with Gasteiger partial charge in [0.2, 0.25) is 5.91 Å². The molecular formula is C15H20N2O. The van der Waals surface area contributed by atoms with Crippen LogP contribution >= 0.6 is 0 Å². The molecule has 1 aromatic rings. The van der Waals surface area contributed by atoms with Crippen LogP contribution in [0.1, 0.15) is 31.4 Å². The Morgan fingerprint density at radius 2 is 2.28 bits per heavy atom. The highest BCUT2D eigenvalue weighted by Crippen LogP contribution is 2.05. The summed E-state index contributed by atoms with van der Waals surface area (Å²) in [6.45, 7) is 4.84. The summed E-state index contributed by atoms with van der Waals surface area (Å²) in [5, 5.41) is 2.92. The van der Waals surface area contributed by atoms with Gasteiger partial charge in [-0.3, -0.25) is 4.79 Å². The van der Waals surface area contributed by atoms with Gasteiger partial charge in [0.05, 0.1) is 6.54 Å². The van der Waals surface area contributed by atoms with Crippen molar-refractivity contribution in [3.05, 3.63) is 35.4 Å². The second-order valence-electron chi connectivity index (χ2n) is 4.23. The number of carbonyl (C=O) groups is 1. The highest BCUT2D eigenvalue weighted by molar-refractivity contribution is 5.78. The summed E-state index contributed by atoms with van der Waals surface area (Å²) >= 11 is 0. The summed E-state index contributed by atoms with van der Waals surface area (Å²) in [5.74, 6) is 5.95. The first-order chi connectivity index (χ1) is 8.67. The fourth-order valence-electron chi connectivity index (χ4n) is 1.46. The Balaban J connectivity index is 2.60. The summed E-state index contributed by atoms with van der Waals surface area (Å²) in [6, 6.07) is 7.82. The van der Waals surface area contributed by atoms with Crippen molar-refractivity contribution in [2.24, 2.45) is 11.7 Å². The molecule has 0 radical (unpaired) electrons. The number of rotatable bonds is 4. The monoisotopic (exact) mass is 244 g/mol. The Labute approximate surface area is 109 Å². The first-order valence-electron chi connectivity index (χ1n) is 6.23. The van der Waals surface area contributed by atoms with Crippen molar-refractivity contribution in [2.75, 3.05) is 6.54 Å². The molecule has 0 aliphatic carbocycles. The van der Waals surface area contributed by atoms with Gasteiger partial charge >= 0.3 is 0 Å². The molecule has 1 rings (SSSR count). The first kappa shape index (κ1) is 14.3. The molecule has 0 aliphatic rings. The van der Waals surface area contributed by atoms with Crippen LogP contribution in [0.5, 0.6) is 0 Å². The summed E-state index contributed by atoms with van der Waals surface area (Å²) in [5.41, 5.74) is 7.31. The van der Waals surface area contributed by atoms with Crippen LogP contribution in [-0.2, 0) is 11.3 Å². The minimum atomic E-state index is 0.0604. The van der Waals surface area contributed by atoms with Crippen molar-refractivity contribution >= 4 is 5.91 Å².